The van der Waals surface area contributed by atoms with Gasteiger partial charge in [0.25, 0.3) is 0 Å². The lowest BCUT2D eigenvalue weighted by atomic mass is 10.0. The largest absolute Gasteiger partial charge is 0.495 e. The lowest BCUT2D eigenvalue weighted by Crippen LogP contribution is -2.38. The summed E-state index contributed by atoms with van der Waals surface area (Å²) in [5, 5.41) is 11.3. The van der Waals surface area contributed by atoms with Gasteiger partial charge in [0.1, 0.15) is 22.8 Å². The molecule has 0 bridgehead atoms. The lowest BCUT2D eigenvalue weighted by molar-refractivity contribution is 0.00530. The number of hydrogen-bond donors (Lipinski definition) is 2. The van der Waals surface area contributed by atoms with Crippen molar-refractivity contribution in [3.05, 3.63) is 30.0 Å². The molecule has 3 aromatic heterocycles. The second-order valence-electron chi connectivity index (χ2n) is 7.32. The van der Waals surface area contributed by atoms with Crippen LogP contribution < -0.4 is 15.4 Å². The van der Waals surface area contributed by atoms with Gasteiger partial charge in [-0.25, -0.2) is 23.9 Å². The van der Waals surface area contributed by atoms with Gasteiger partial charge in [-0.15, -0.1) is 0 Å². The second-order valence-corrected chi connectivity index (χ2v) is 7.32. The minimum absolute atomic E-state index is 0.149. The number of aromatic nitrogens is 5. The van der Waals surface area contributed by atoms with E-state index in [2.05, 4.69) is 30.7 Å². The van der Waals surface area contributed by atoms with Gasteiger partial charge in [0.05, 0.1) is 38.6 Å². The Hall–Kier alpha value is -2.85. The van der Waals surface area contributed by atoms with E-state index in [1.807, 2.05) is 13.8 Å². The zero-order valence-electron chi connectivity index (χ0n) is 18.1. The molecular weight excluding hydrogens is 401 g/mol. The van der Waals surface area contributed by atoms with Crippen molar-refractivity contribution in [1.29, 1.82) is 0 Å². The van der Waals surface area contributed by atoms with Crippen LogP contribution in [0, 0.1) is 5.82 Å². The van der Waals surface area contributed by atoms with E-state index in [0.717, 1.165) is 31.6 Å². The molecule has 0 aliphatic carbocycles. The third-order valence-corrected chi connectivity index (χ3v) is 5.35. The summed E-state index contributed by atoms with van der Waals surface area (Å²) in [5.74, 6) is 0.672. The number of halogens is 1. The first-order valence-electron chi connectivity index (χ1n) is 10.7. The topological polar surface area (TPSA) is 98.5 Å². The molecule has 0 spiro atoms. The Bertz CT molecular complexity index is 1030. The van der Waals surface area contributed by atoms with Crippen LogP contribution in [0.25, 0.3) is 17.0 Å². The Morgan fingerprint density at radius 2 is 2.10 bits per heavy atom. The number of fused-ring (bicyclic) bond motifs is 1. The zero-order chi connectivity index (χ0) is 21.8. The molecule has 5 heterocycles. The van der Waals surface area contributed by atoms with Crippen LogP contribution in [0.3, 0.4) is 0 Å². The van der Waals surface area contributed by atoms with Crippen LogP contribution in [0.4, 0.5) is 10.3 Å². The number of anilines is 1. The van der Waals surface area contributed by atoms with E-state index in [0.29, 0.717) is 36.3 Å². The van der Waals surface area contributed by atoms with Gasteiger partial charge in [0.15, 0.2) is 11.5 Å². The SMILES string of the molecule is CC.COc1cc2ncc(-c3nc(NC4CCCNC4)ncc3F)n2nc1C1COC1. The van der Waals surface area contributed by atoms with Gasteiger partial charge in [-0.1, -0.05) is 13.8 Å². The number of imidazole rings is 1. The van der Waals surface area contributed by atoms with Gasteiger partial charge in [0, 0.05) is 18.7 Å². The first-order valence-corrected chi connectivity index (χ1v) is 10.7. The van der Waals surface area contributed by atoms with Crippen molar-refractivity contribution in [3.63, 3.8) is 0 Å². The summed E-state index contributed by atoms with van der Waals surface area (Å²) in [6, 6.07) is 2.02. The molecule has 9 nitrogen and oxygen atoms in total. The maximum atomic E-state index is 14.6. The van der Waals surface area contributed by atoms with Crippen LogP contribution >= 0.6 is 0 Å². The quantitative estimate of drug-likeness (QED) is 0.639. The molecule has 1 atom stereocenters. The van der Waals surface area contributed by atoms with E-state index >= 15 is 0 Å². The van der Waals surface area contributed by atoms with Crippen molar-refractivity contribution < 1.29 is 13.9 Å². The van der Waals surface area contributed by atoms with Gasteiger partial charge in [-0.05, 0) is 19.4 Å². The highest BCUT2D eigenvalue weighted by Gasteiger charge is 2.27. The average Bonchev–Trinajstić information content (AvgIpc) is 3.18. The number of nitrogens with one attached hydrogen (secondary N) is 2. The molecule has 3 aromatic rings. The van der Waals surface area contributed by atoms with Gasteiger partial charge in [-0.3, -0.25) is 0 Å². The maximum absolute atomic E-state index is 14.6. The molecule has 166 valence electrons. The number of hydrogen-bond acceptors (Lipinski definition) is 8. The Kier molecular flexibility index (Phi) is 6.57. The molecule has 2 saturated heterocycles. The molecule has 0 aromatic carbocycles. The van der Waals surface area contributed by atoms with Crippen LogP contribution in [0.1, 0.15) is 38.3 Å². The average molecular weight is 430 g/mol. The Balaban J connectivity index is 0.00000112. The van der Waals surface area contributed by atoms with E-state index in [4.69, 9.17) is 9.47 Å². The normalized spacial score (nSPS) is 18.8. The fraction of sp³-hybridized carbons (Fsp3) is 0.524. The van der Waals surface area contributed by atoms with Gasteiger partial charge in [-0.2, -0.15) is 5.10 Å². The summed E-state index contributed by atoms with van der Waals surface area (Å²) in [6.07, 6.45) is 4.86. The molecule has 0 radical (unpaired) electrons. The van der Waals surface area contributed by atoms with Gasteiger partial charge in [0.2, 0.25) is 5.95 Å². The van der Waals surface area contributed by atoms with Crippen LogP contribution in [-0.4, -0.2) is 64.0 Å². The van der Waals surface area contributed by atoms with Crippen LogP contribution in [0.15, 0.2) is 18.5 Å². The molecular formula is C21H28FN7O2. The van der Waals surface area contributed by atoms with Crippen molar-refractivity contribution in [1.82, 2.24) is 29.9 Å². The molecule has 1 unspecified atom stereocenters. The van der Waals surface area contributed by atoms with Crippen molar-refractivity contribution in [3.8, 4) is 17.1 Å². The summed E-state index contributed by atoms with van der Waals surface area (Å²) < 4.78 is 27.0. The van der Waals surface area contributed by atoms with Crippen molar-refractivity contribution in [2.24, 2.45) is 0 Å². The highest BCUT2D eigenvalue weighted by molar-refractivity contribution is 5.62. The van der Waals surface area contributed by atoms with Crippen molar-refractivity contribution >= 4 is 11.6 Å². The molecule has 2 fully saturated rings. The Morgan fingerprint density at radius 3 is 2.77 bits per heavy atom. The summed E-state index contributed by atoms with van der Waals surface area (Å²) in [5.41, 5.74) is 1.96. The third kappa shape index (κ3) is 4.31. The number of ether oxygens (including phenoxy) is 2. The summed E-state index contributed by atoms with van der Waals surface area (Å²) >= 11 is 0. The second kappa shape index (κ2) is 9.52. The Labute approximate surface area is 180 Å². The van der Waals surface area contributed by atoms with E-state index in [9.17, 15) is 4.39 Å². The standard InChI is InChI=1S/C19H22FN7O2.C2H6/c1-28-15-5-16-22-8-14(27(16)26-17(15)11-9-29-10-11)18-13(20)7-23-19(25-18)24-12-3-2-4-21-6-12;1-2/h5,7-8,11-12,21H,2-4,6,9-10H2,1H3,(H,23,24,25);1-2H3. The smallest absolute Gasteiger partial charge is 0.223 e. The number of methoxy groups -OCH3 is 1. The monoisotopic (exact) mass is 429 g/mol. The fourth-order valence-electron chi connectivity index (χ4n) is 3.69. The minimum atomic E-state index is -0.523. The molecule has 10 heteroatoms. The predicted molar refractivity (Wildman–Crippen MR) is 115 cm³/mol. The molecule has 5 rings (SSSR count). The van der Waals surface area contributed by atoms with E-state index in [1.165, 1.54) is 6.20 Å². The molecule has 2 N–H and O–H groups in total. The number of rotatable bonds is 5. The van der Waals surface area contributed by atoms with E-state index in [-0.39, 0.29) is 17.7 Å². The Morgan fingerprint density at radius 1 is 1.26 bits per heavy atom. The molecule has 0 saturated carbocycles. The maximum Gasteiger partial charge on any atom is 0.223 e. The summed E-state index contributed by atoms with van der Waals surface area (Å²) in [4.78, 5) is 12.9. The number of nitrogens with zero attached hydrogens (tertiary/aromatic N) is 5. The minimum Gasteiger partial charge on any atom is -0.495 e. The van der Waals surface area contributed by atoms with Gasteiger partial charge >= 0.3 is 0 Å². The fourth-order valence-corrected chi connectivity index (χ4v) is 3.69. The first kappa shape index (κ1) is 21.4. The molecule has 0 amide bonds. The summed E-state index contributed by atoms with van der Waals surface area (Å²) in [7, 11) is 1.60. The summed E-state index contributed by atoms with van der Waals surface area (Å²) in [6.45, 7) is 7.02. The zero-order valence-corrected chi connectivity index (χ0v) is 18.1. The lowest BCUT2D eigenvalue weighted by Gasteiger charge is -2.26. The van der Waals surface area contributed by atoms with Crippen LogP contribution in [-0.2, 0) is 4.74 Å². The molecule has 2 aliphatic heterocycles. The molecule has 2 aliphatic rings. The molecule has 31 heavy (non-hydrogen) atoms. The van der Waals surface area contributed by atoms with Crippen LogP contribution in [0.2, 0.25) is 0 Å². The first-order chi connectivity index (χ1) is 15.2. The van der Waals surface area contributed by atoms with E-state index < -0.39 is 5.82 Å². The number of piperidine rings is 1. The predicted octanol–water partition coefficient (Wildman–Crippen LogP) is 2.64. The van der Waals surface area contributed by atoms with Gasteiger partial charge < -0.3 is 20.1 Å². The highest BCUT2D eigenvalue weighted by atomic mass is 19.1. The third-order valence-electron chi connectivity index (χ3n) is 5.35. The van der Waals surface area contributed by atoms with Crippen LogP contribution in [0.5, 0.6) is 5.75 Å². The van der Waals surface area contributed by atoms with Crippen molar-refractivity contribution in [2.45, 2.75) is 38.6 Å². The van der Waals surface area contributed by atoms with E-state index in [1.54, 1.807) is 23.9 Å². The highest BCUT2D eigenvalue weighted by Crippen LogP contribution is 2.32. The van der Waals surface area contributed by atoms with Crippen molar-refractivity contribution in [2.75, 3.05) is 38.7 Å².